The minimum Gasteiger partial charge on any atom is -0.493 e. The second-order valence-electron chi connectivity index (χ2n) is 6.31. The molecule has 25 heavy (non-hydrogen) atoms. The summed E-state index contributed by atoms with van der Waals surface area (Å²) in [6.45, 7) is 5.22. The molecule has 0 aromatic heterocycles. The van der Waals surface area contributed by atoms with Crippen molar-refractivity contribution in [2.24, 2.45) is 0 Å². The third kappa shape index (κ3) is 5.88. The molecule has 8 heteroatoms. The number of β-amino-alcohol motifs (C(OH)–C–C–N with tert-alkyl or cyclic N) is 1. The molecule has 1 aromatic carbocycles. The minimum absolute atomic E-state index is 0. The molecule has 2 N–H and O–H groups in total. The summed E-state index contributed by atoms with van der Waals surface area (Å²) in [7, 11) is 1.66. The van der Waals surface area contributed by atoms with Crippen LogP contribution in [0.15, 0.2) is 18.2 Å². The van der Waals surface area contributed by atoms with Gasteiger partial charge < -0.3 is 24.6 Å². The van der Waals surface area contributed by atoms with E-state index in [0.29, 0.717) is 32.9 Å². The number of aliphatic hydroxyl groups is 1. The number of nitrogens with one attached hydrogen (secondary N) is 1. The summed E-state index contributed by atoms with van der Waals surface area (Å²) in [6.07, 6.45) is 0.919. The Morgan fingerprint density at radius 3 is 2.96 bits per heavy atom. The number of para-hydroxylation sites is 1. The summed E-state index contributed by atoms with van der Waals surface area (Å²) in [5.74, 6) is 1.59. The number of fused-ring (bicyclic) bond motifs is 1. The zero-order valence-electron chi connectivity index (χ0n) is 14.5. The molecule has 1 aromatic rings. The van der Waals surface area contributed by atoms with Crippen molar-refractivity contribution in [3.63, 3.8) is 0 Å². The molecular formula is C17H28Cl2N2O4. The molecule has 0 amide bonds. The topological polar surface area (TPSA) is 63.2 Å². The van der Waals surface area contributed by atoms with Crippen LogP contribution in [-0.2, 0) is 11.3 Å². The molecule has 0 radical (unpaired) electrons. The van der Waals surface area contributed by atoms with Gasteiger partial charge in [0, 0.05) is 38.3 Å². The predicted octanol–water partition coefficient (Wildman–Crippen LogP) is 1.47. The summed E-state index contributed by atoms with van der Waals surface area (Å²) in [5, 5.41) is 14.1. The molecule has 1 fully saturated rings. The van der Waals surface area contributed by atoms with Crippen LogP contribution in [0.5, 0.6) is 11.5 Å². The maximum absolute atomic E-state index is 10.8. The SMILES string of the molecule is COc1cccc2c1OCCCN(CC1(O)CNCCOC1)C2.Cl.Cl. The van der Waals surface area contributed by atoms with Crippen LogP contribution in [0, 0.1) is 0 Å². The number of hydrogen-bond donors (Lipinski definition) is 2. The van der Waals surface area contributed by atoms with Crippen molar-refractivity contribution in [2.45, 2.75) is 18.6 Å². The van der Waals surface area contributed by atoms with Crippen LogP contribution in [-0.4, -0.2) is 68.7 Å². The maximum Gasteiger partial charge on any atom is 0.165 e. The fraction of sp³-hybridized carbons (Fsp3) is 0.647. The lowest BCUT2D eigenvalue weighted by Gasteiger charge is -2.34. The number of benzene rings is 1. The van der Waals surface area contributed by atoms with E-state index in [9.17, 15) is 5.11 Å². The van der Waals surface area contributed by atoms with E-state index in [2.05, 4.69) is 16.3 Å². The Labute approximate surface area is 161 Å². The molecule has 144 valence electrons. The molecule has 0 spiro atoms. The summed E-state index contributed by atoms with van der Waals surface area (Å²) in [5.41, 5.74) is 0.241. The Morgan fingerprint density at radius 1 is 1.32 bits per heavy atom. The molecule has 2 heterocycles. The number of halogens is 2. The van der Waals surface area contributed by atoms with Crippen LogP contribution in [0.1, 0.15) is 12.0 Å². The van der Waals surface area contributed by atoms with Gasteiger partial charge in [0.05, 0.1) is 26.9 Å². The van der Waals surface area contributed by atoms with Gasteiger partial charge in [0.1, 0.15) is 5.60 Å². The van der Waals surface area contributed by atoms with Crippen LogP contribution in [0.25, 0.3) is 0 Å². The highest BCUT2D eigenvalue weighted by molar-refractivity contribution is 5.85. The number of methoxy groups -OCH3 is 1. The summed E-state index contributed by atoms with van der Waals surface area (Å²) in [4.78, 5) is 2.27. The monoisotopic (exact) mass is 394 g/mol. The van der Waals surface area contributed by atoms with Gasteiger partial charge in [0.2, 0.25) is 0 Å². The van der Waals surface area contributed by atoms with Crippen LogP contribution in [0.3, 0.4) is 0 Å². The van der Waals surface area contributed by atoms with Gasteiger partial charge in [-0.15, -0.1) is 24.8 Å². The minimum atomic E-state index is -0.852. The second-order valence-corrected chi connectivity index (χ2v) is 6.31. The first-order valence-electron chi connectivity index (χ1n) is 8.22. The third-order valence-corrected chi connectivity index (χ3v) is 4.31. The van der Waals surface area contributed by atoms with E-state index in [1.54, 1.807) is 7.11 Å². The first kappa shape index (κ1) is 22.3. The first-order valence-corrected chi connectivity index (χ1v) is 8.22. The van der Waals surface area contributed by atoms with Crippen LogP contribution in [0.2, 0.25) is 0 Å². The van der Waals surface area contributed by atoms with Gasteiger partial charge in [-0.05, 0) is 12.5 Å². The lowest BCUT2D eigenvalue weighted by molar-refractivity contribution is -0.0514. The van der Waals surface area contributed by atoms with Crippen LogP contribution < -0.4 is 14.8 Å². The van der Waals surface area contributed by atoms with E-state index in [0.717, 1.165) is 43.1 Å². The Hall–Kier alpha value is -0.760. The van der Waals surface area contributed by atoms with E-state index >= 15 is 0 Å². The highest BCUT2D eigenvalue weighted by atomic mass is 35.5. The summed E-state index contributed by atoms with van der Waals surface area (Å²) >= 11 is 0. The van der Waals surface area contributed by atoms with Crippen molar-refractivity contribution in [3.8, 4) is 11.5 Å². The Morgan fingerprint density at radius 2 is 2.16 bits per heavy atom. The van der Waals surface area contributed by atoms with Crippen molar-refractivity contribution in [3.05, 3.63) is 23.8 Å². The third-order valence-electron chi connectivity index (χ3n) is 4.31. The van der Waals surface area contributed by atoms with Gasteiger partial charge in [-0.3, -0.25) is 4.90 Å². The Bertz CT molecular complexity index is 525. The molecule has 6 nitrogen and oxygen atoms in total. The average molecular weight is 395 g/mol. The second kappa shape index (κ2) is 10.4. The van der Waals surface area contributed by atoms with Crippen LogP contribution >= 0.6 is 24.8 Å². The fourth-order valence-electron chi connectivity index (χ4n) is 3.22. The van der Waals surface area contributed by atoms with Crippen molar-refractivity contribution in [2.75, 3.05) is 53.1 Å². The summed E-state index contributed by atoms with van der Waals surface area (Å²) in [6, 6.07) is 5.95. The van der Waals surface area contributed by atoms with Crippen molar-refractivity contribution < 1.29 is 19.3 Å². The fourth-order valence-corrected chi connectivity index (χ4v) is 3.22. The zero-order chi connectivity index (χ0) is 16.1. The molecule has 2 aliphatic heterocycles. The molecule has 0 saturated carbocycles. The quantitative estimate of drug-likeness (QED) is 0.809. The molecule has 1 unspecified atom stereocenters. The van der Waals surface area contributed by atoms with Gasteiger partial charge in [-0.1, -0.05) is 12.1 Å². The van der Waals surface area contributed by atoms with Gasteiger partial charge in [0.25, 0.3) is 0 Å². The molecule has 1 saturated heterocycles. The number of hydrogen-bond acceptors (Lipinski definition) is 6. The normalized spacial score (nSPS) is 24.2. The van der Waals surface area contributed by atoms with Crippen molar-refractivity contribution in [1.29, 1.82) is 0 Å². The molecule has 0 bridgehead atoms. The zero-order valence-corrected chi connectivity index (χ0v) is 16.2. The number of nitrogens with zero attached hydrogens (tertiary/aromatic N) is 1. The summed E-state index contributed by atoms with van der Waals surface area (Å²) < 4.78 is 16.8. The molecule has 1 atom stereocenters. The lowest BCUT2D eigenvalue weighted by atomic mass is 10.0. The van der Waals surface area contributed by atoms with Gasteiger partial charge >= 0.3 is 0 Å². The van der Waals surface area contributed by atoms with E-state index < -0.39 is 5.60 Å². The van der Waals surface area contributed by atoms with Gasteiger partial charge in [0.15, 0.2) is 11.5 Å². The molecular weight excluding hydrogens is 367 g/mol. The smallest absolute Gasteiger partial charge is 0.165 e. The predicted molar refractivity (Wildman–Crippen MR) is 102 cm³/mol. The highest BCUT2D eigenvalue weighted by Gasteiger charge is 2.32. The van der Waals surface area contributed by atoms with Crippen molar-refractivity contribution in [1.82, 2.24) is 10.2 Å². The Balaban J connectivity index is 0.00000156. The van der Waals surface area contributed by atoms with Gasteiger partial charge in [-0.2, -0.15) is 0 Å². The van der Waals surface area contributed by atoms with Crippen LogP contribution in [0.4, 0.5) is 0 Å². The standard InChI is InChI=1S/C17H26N2O4.2ClH/c1-21-15-5-2-4-14-10-19(7-3-8-23-16(14)15)12-17(20)11-18-6-9-22-13-17;;/h2,4-5,18,20H,3,6-13H2,1H3;2*1H. The largest absolute Gasteiger partial charge is 0.493 e. The van der Waals surface area contributed by atoms with E-state index in [1.165, 1.54) is 0 Å². The van der Waals surface area contributed by atoms with E-state index in [4.69, 9.17) is 14.2 Å². The first-order chi connectivity index (χ1) is 11.2. The van der Waals surface area contributed by atoms with E-state index in [-0.39, 0.29) is 24.8 Å². The number of rotatable bonds is 3. The van der Waals surface area contributed by atoms with E-state index in [1.807, 2.05) is 12.1 Å². The maximum atomic E-state index is 10.8. The lowest BCUT2D eigenvalue weighted by Crippen LogP contribution is -2.51. The van der Waals surface area contributed by atoms with Gasteiger partial charge in [-0.25, -0.2) is 0 Å². The Kier molecular flexibility index (Phi) is 9.27. The molecule has 3 rings (SSSR count). The average Bonchev–Trinajstić information content (AvgIpc) is 2.74. The highest BCUT2D eigenvalue weighted by Crippen LogP contribution is 2.33. The molecule has 2 aliphatic rings. The van der Waals surface area contributed by atoms with Crippen molar-refractivity contribution >= 4 is 24.8 Å². The molecule has 0 aliphatic carbocycles. The number of ether oxygens (including phenoxy) is 3.